The maximum Gasteiger partial charge on any atom is 0.328 e. The lowest BCUT2D eigenvalue weighted by atomic mass is 10.0. The van der Waals surface area contributed by atoms with E-state index in [-0.39, 0.29) is 32.0 Å². The quantitative estimate of drug-likeness (QED) is 0.239. The van der Waals surface area contributed by atoms with Gasteiger partial charge in [0.1, 0.15) is 25.3 Å². The van der Waals surface area contributed by atoms with Gasteiger partial charge in [-0.05, 0) is 23.5 Å². The van der Waals surface area contributed by atoms with Crippen LogP contribution in [0.4, 0.5) is 0 Å². The second-order valence-electron chi connectivity index (χ2n) is 9.68. The number of benzene rings is 2. The molecule has 0 aliphatic rings. The van der Waals surface area contributed by atoms with Crippen LogP contribution in [0.1, 0.15) is 44.2 Å². The number of nitrogens with one attached hydrogen (secondary N) is 3. The molecule has 5 N–H and O–H groups in total. The van der Waals surface area contributed by atoms with E-state index < -0.39 is 54.2 Å². The molecule has 0 bridgehead atoms. The van der Waals surface area contributed by atoms with Crippen LogP contribution in [0.5, 0.6) is 0 Å². The molecule has 3 amide bonds. The van der Waals surface area contributed by atoms with Gasteiger partial charge in [0.2, 0.25) is 17.7 Å². The summed E-state index contributed by atoms with van der Waals surface area (Å²) in [5, 5.41) is 7.39. The van der Waals surface area contributed by atoms with Gasteiger partial charge in [-0.1, -0.05) is 74.5 Å². The Balaban J connectivity index is 2.13. The van der Waals surface area contributed by atoms with E-state index in [2.05, 4.69) is 16.0 Å². The van der Waals surface area contributed by atoms with Crippen molar-refractivity contribution in [3.8, 4) is 0 Å². The monoisotopic (exact) mass is 554 g/mol. The smallest absolute Gasteiger partial charge is 0.328 e. The average molecular weight is 555 g/mol. The highest BCUT2D eigenvalue weighted by atomic mass is 16.5. The molecule has 2 rings (SSSR count). The van der Waals surface area contributed by atoms with E-state index >= 15 is 0 Å². The van der Waals surface area contributed by atoms with Gasteiger partial charge in [-0.25, -0.2) is 4.79 Å². The summed E-state index contributed by atoms with van der Waals surface area (Å²) in [7, 11) is 1.40. The number of esters is 2. The predicted molar refractivity (Wildman–Crippen MR) is 147 cm³/mol. The maximum atomic E-state index is 13.3. The Morgan fingerprint density at radius 3 is 1.80 bits per heavy atom. The molecule has 2 aromatic carbocycles. The first-order valence-corrected chi connectivity index (χ1v) is 13.1. The molecule has 2 aromatic rings. The predicted octanol–water partition coefficient (Wildman–Crippen LogP) is 1.34. The van der Waals surface area contributed by atoms with E-state index in [4.69, 9.17) is 15.2 Å². The van der Waals surface area contributed by atoms with Gasteiger partial charge in [0, 0.05) is 7.05 Å². The third kappa shape index (κ3) is 11.6. The summed E-state index contributed by atoms with van der Waals surface area (Å²) in [4.78, 5) is 63.2. The Bertz CT molecular complexity index is 1130. The van der Waals surface area contributed by atoms with Crippen molar-refractivity contribution in [3.05, 3.63) is 71.8 Å². The summed E-state index contributed by atoms with van der Waals surface area (Å²) in [5.41, 5.74) is 7.34. The normalized spacial score (nSPS) is 12.9. The van der Waals surface area contributed by atoms with Crippen molar-refractivity contribution in [3.63, 3.8) is 0 Å². The van der Waals surface area contributed by atoms with Crippen LogP contribution < -0.4 is 21.7 Å². The Hall–Kier alpha value is -4.25. The van der Waals surface area contributed by atoms with Crippen LogP contribution in [0.3, 0.4) is 0 Å². The van der Waals surface area contributed by atoms with Gasteiger partial charge in [-0.2, -0.15) is 0 Å². The number of amides is 3. The van der Waals surface area contributed by atoms with Crippen molar-refractivity contribution < 1.29 is 33.4 Å². The zero-order valence-corrected chi connectivity index (χ0v) is 23.1. The second kappa shape index (κ2) is 16.7. The zero-order valence-electron chi connectivity index (χ0n) is 23.1. The van der Waals surface area contributed by atoms with Gasteiger partial charge in [0.15, 0.2) is 0 Å². The van der Waals surface area contributed by atoms with Crippen LogP contribution in [0.2, 0.25) is 0 Å². The Morgan fingerprint density at radius 1 is 0.750 bits per heavy atom. The van der Waals surface area contributed by atoms with E-state index in [1.54, 1.807) is 36.4 Å². The fourth-order valence-electron chi connectivity index (χ4n) is 3.63. The van der Waals surface area contributed by atoms with Crippen LogP contribution in [0.15, 0.2) is 60.7 Å². The molecule has 0 saturated carbocycles. The fourth-order valence-corrected chi connectivity index (χ4v) is 3.63. The molecule has 0 saturated heterocycles. The first kappa shape index (κ1) is 32.0. The summed E-state index contributed by atoms with van der Waals surface area (Å²) >= 11 is 0. The van der Waals surface area contributed by atoms with Gasteiger partial charge in [-0.15, -0.1) is 0 Å². The van der Waals surface area contributed by atoms with Gasteiger partial charge in [0.25, 0.3) is 0 Å². The van der Waals surface area contributed by atoms with E-state index in [1.165, 1.54) is 7.05 Å². The lowest BCUT2D eigenvalue weighted by Gasteiger charge is -2.24. The van der Waals surface area contributed by atoms with Crippen LogP contribution in [-0.2, 0) is 46.7 Å². The molecule has 0 aromatic heterocycles. The van der Waals surface area contributed by atoms with Crippen LogP contribution in [0, 0.1) is 5.92 Å². The SMILES string of the molecule is CNC(=O)C[C@H](N)C(=O)N[C@@H](CC(=O)OCc1ccccc1)C(=O)N[C@@H](CC(C)C)C(=O)OCc1ccccc1. The molecule has 40 heavy (non-hydrogen) atoms. The number of nitrogens with two attached hydrogens (primary N) is 1. The molecular formula is C29H38N4O7. The van der Waals surface area contributed by atoms with Crippen LogP contribution in [0.25, 0.3) is 0 Å². The highest BCUT2D eigenvalue weighted by molar-refractivity contribution is 5.95. The Labute approximate surface area is 234 Å². The lowest BCUT2D eigenvalue weighted by Crippen LogP contribution is -2.55. The molecule has 216 valence electrons. The molecule has 0 unspecified atom stereocenters. The summed E-state index contributed by atoms with van der Waals surface area (Å²) in [6.45, 7) is 3.74. The van der Waals surface area contributed by atoms with Crippen molar-refractivity contribution in [1.82, 2.24) is 16.0 Å². The molecule has 0 spiro atoms. The van der Waals surface area contributed by atoms with Gasteiger partial charge in [0.05, 0.1) is 18.9 Å². The van der Waals surface area contributed by atoms with E-state index in [1.807, 2.05) is 38.1 Å². The average Bonchev–Trinajstić information content (AvgIpc) is 2.94. The summed E-state index contributed by atoms with van der Waals surface area (Å²) < 4.78 is 10.7. The van der Waals surface area contributed by atoms with Gasteiger partial charge < -0.3 is 31.2 Å². The van der Waals surface area contributed by atoms with E-state index in [0.717, 1.165) is 11.1 Å². The van der Waals surface area contributed by atoms with Crippen LogP contribution >= 0.6 is 0 Å². The molecule has 0 heterocycles. The van der Waals surface area contributed by atoms with Gasteiger partial charge in [-0.3, -0.25) is 19.2 Å². The number of carbonyl (C=O) groups is 5. The first-order valence-electron chi connectivity index (χ1n) is 13.1. The van der Waals surface area contributed by atoms with Crippen molar-refractivity contribution in [2.75, 3.05) is 7.05 Å². The number of hydrogen-bond acceptors (Lipinski definition) is 8. The molecule has 0 radical (unpaired) electrons. The second-order valence-corrected chi connectivity index (χ2v) is 9.68. The molecule has 3 atom stereocenters. The molecule has 11 nitrogen and oxygen atoms in total. The number of hydrogen-bond donors (Lipinski definition) is 4. The minimum Gasteiger partial charge on any atom is -0.461 e. The topological polar surface area (TPSA) is 166 Å². The molecular weight excluding hydrogens is 516 g/mol. The third-order valence-electron chi connectivity index (χ3n) is 5.80. The fraction of sp³-hybridized carbons (Fsp3) is 0.414. The minimum atomic E-state index is -1.41. The highest BCUT2D eigenvalue weighted by Crippen LogP contribution is 2.11. The maximum absolute atomic E-state index is 13.3. The van der Waals surface area contributed by atoms with E-state index in [9.17, 15) is 24.0 Å². The van der Waals surface area contributed by atoms with Gasteiger partial charge >= 0.3 is 11.9 Å². The number of rotatable bonds is 15. The van der Waals surface area contributed by atoms with Crippen molar-refractivity contribution in [1.29, 1.82) is 0 Å². The standard InChI is InChI=1S/C29H38N4O7/c1-19(2)14-24(29(38)40-18-21-12-8-5-9-13-21)33-28(37)23(32-27(36)22(30)15-25(34)31-3)16-26(35)39-17-20-10-6-4-7-11-20/h4-13,19,22-24H,14-18,30H2,1-3H3,(H,31,34)(H,32,36)(H,33,37)/t22-,23-,24-/m0/s1. The minimum absolute atomic E-state index is 0.0134. The molecule has 0 aliphatic carbocycles. The Morgan fingerprint density at radius 2 is 1.27 bits per heavy atom. The highest BCUT2D eigenvalue weighted by Gasteiger charge is 2.31. The largest absolute Gasteiger partial charge is 0.461 e. The summed E-state index contributed by atoms with van der Waals surface area (Å²) in [6.07, 6.45) is -0.587. The lowest BCUT2D eigenvalue weighted by molar-refractivity contribution is -0.150. The third-order valence-corrected chi connectivity index (χ3v) is 5.80. The summed E-state index contributed by atoms with van der Waals surface area (Å²) in [6, 6.07) is 14.3. The Kier molecular flexibility index (Phi) is 13.3. The summed E-state index contributed by atoms with van der Waals surface area (Å²) in [5.74, 6) is -3.47. The molecule has 11 heteroatoms. The van der Waals surface area contributed by atoms with Crippen molar-refractivity contribution in [2.24, 2.45) is 11.7 Å². The number of carbonyl (C=O) groups excluding carboxylic acids is 5. The number of ether oxygens (including phenoxy) is 2. The molecule has 0 aliphatic heterocycles. The zero-order chi connectivity index (χ0) is 29.5. The first-order chi connectivity index (χ1) is 19.1. The molecule has 0 fully saturated rings. The van der Waals surface area contributed by atoms with E-state index in [0.29, 0.717) is 0 Å². The van der Waals surface area contributed by atoms with Crippen molar-refractivity contribution >= 4 is 29.7 Å². The van der Waals surface area contributed by atoms with Crippen molar-refractivity contribution in [2.45, 2.75) is 64.4 Å². The van der Waals surface area contributed by atoms with Crippen LogP contribution in [-0.4, -0.2) is 54.8 Å².